The Labute approximate surface area is 219 Å². The van der Waals surface area contributed by atoms with Gasteiger partial charge in [0.15, 0.2) is 0 Å². The molecular formula is C29H39FN6O. The van der Waals surface area contributed by atoms with Gasteiger partial charge in [-0.1, -0.05) is 57.7 Å². The average Bonchev–Trinajstić information content (AvgIpc) is 3.23. The summed E-state index contributed by atoms with van der Waals surface area (Å²) in [4.78, 5) is 18.0. The monoisotopic (exact) mass is 506 g/mol. The highest BCUT2D eigenvalue weighted by atomic mass is 19.1. The van der Waals surface area contributed by atoms with E-state index in [-0.39, 0.29) is 17.1 Å². The fourth-order valence-electron chi connectivity index (χ4n) is 4.66. The molecule has 37 heavy (non-hydrogen) atoms. The highest BCUT2D eigenvalue weighted by molar-refractivity contribution is 5.91. The highest BCUT2D eigenvalue weighted by Gasteiger charge is 2.32. The first-order valence-corrected chi connectivity index (χ1v) is 13.0. The molecule has 0 bridgehead atoms. The molecule has 198 valence electrons. The van der Waals surface area contributed by atoms with E-state index < -0.39 is 6.04 Å². The molecule has 2 N–H and O–H groups in total. The summed E-state index contributed by atoms with van der Waals surface area (Å²) in [5, 5.41) is 12.3. The van der Waals surface area contributed by atoms with Crippen LogP contribution in [-0.2, 0) is 11.3 Å². The van der Waals surface area contributed by atoms with Gasteiger partial charge in [0.2, 0.25) is 5.91 Å². The van der Waals surface area contributed by atoms with Crippen LogP contribution in [0.1, 0.15) is 32.0 Å². The zero-order valence-electron chi connectivity index (χ0n) is 22.4. The van der Waals surface area contributed by atoms with Gasteiger partial charge in [0.25, 0.3) is 0 Å². The van der Waals surface area contributed by atoms with Crippen LogP contribution >= 0.6 is 0 Å². The SMILES string of the molecule is C=C(NC(C(=O)NCCN1CCN(C)CC1)C(C)(C)C)c1nn(Cc2ccc(F)cc2)c2ccccc12. The Balaban J connectivity index is 1.47. The molecule has 2 heterocycles. The maximum Gasteiger partial charge on any atom is 0.243 e. The first-order valence-electron chi connectivity index (χ1n) is 13.0. The zero-order valence-corrected chi connectivity index (χ0v) is 22.4. The molecule has 1 unspecified atom stereocenters. The van der Waals surface area contributed by atoms with E-state index in [9.17, 15) is 9.18 Å². The predicted octanol–water partition coefficient (Wildman–Crippen LogP) is 3.56. The molecular weight excluding hydrogens is 467 g/mol. The van der Waals surface area contributed by atoms with Crippen molar-refractivity contribution < 1.29 is 9.18 Å². The van der Waals surface area contributed by atoms with Crippen LogP contribution in [0.15, 0.2) is 55.1 Å². The summed E-state index contributed by atoms with van der Waals surface area (Å²) >= 11 is 0. The number of fused-ring (bicyclic) bond motifs is 1. The third kappa shape index (κ3) is 6.76. The molecule has 1 atom stereocenters. The van der Waals surface area contributed by atoms with Gasteiger partial charge in [0, 0.05) is 44.7 Å². The number of hydrogen-bond acceptors (Lipinski definition) is 5. The molecule has 1 aliphatic rings. The van der Waals surface area contributed by atoms with E-state index >= 15 is 0 Å². The van der Waals surface area contributed by atoms with Crippen molar-refractivity contribution in [2.45, 2.75) is 33.4 Å². The van der Waals surface area contributed by atoms with Crippen molar-refractivity contribution in [3.63, 3.8) is 0 Å². The van der Waals surface area contributed by atoms with E-state index in [0.717, 1.165) is 49.2 Å². The smallest absolute Gasteiger partial charge is 0.243 e. The van der Waals surface area contributed by atoms with Gasteiger partial charge in [-0.05, 0) is 36.2 Å². The van der Waals surface area contributed by atoms with Gasteiger partial charge >= 0.3 is 0 Å². The van der Waals surface area contributed by atoms with Crippen LogP contribution in [0.25, 0.3) is 16.6 Å². The maximum absolute atomic E-state index is 13.4. The van der Waals surface area contributed by atoms with Crippen LogP contribution in [0.2, 0.25) is 0 Å². The fraction of sp³-hybridized carbons (Fsp3) is 0.448. The Morgan fingerprint density at radius 1 is 1.08 bits per heavy atom. The predicted molar refractivity (Wildman–Crippen MR) is 148 cm³/mol. The average molecular weight is 507 g/mol. The molecule has 1 saturated heterocycles. The number of likely N-dealkylation sites (N-methyl/N-ethyl adjacent to an activating group) is 1. The molecule has 1 aromatic heterocycles. The largest absolute Gasteiger partial charge is 0.372 e. The van der Waals surface area contributed by atoms with Gasteiger partial charge in [0.1, 0.15) is 17.6 Å². The molecule has 7 nitrogen and oxygen atoms in total. The van der Waals surface area contributed by atoms with E-state index in [4.69, 9.17) is 5.10 Å². The Kier molecular flexibility index (Phi) is 8.29. The van der Waals surface area contributed by atoms with Crippen LogP contribution < -0.4 is 10.6 Å². The minimum Gasteiger partial charge on any atom is -0.372 e. The molecule has 3 aromatic rings. The van der Waals surface area contributed by atoms with E-state index in [2.05, 4.69) is 34.1 Å². The van der Waals surface area contributed by atoms with E-state index in [1.165, 1.54) is 12.1 Å². The standard InChI is InChI=1S/C29H39FN6O/c1-21(32-27(29(2,3)4)28(37)31-14-15-35-18-16-34(5)17-19-35)26-24-8-6-7-9-25(24)36(33-26)20-22-10-12-23(30)13-11-22/h6-13,27,32H,1,14-20H2,2-5H3,(H,31,37). The minimum atomic E-state index is -0.478. The number of hydrogen-bond donors (Lipinski definition) is 2. The molecule has 2 aromatic carbocycles. The molecule has 0 saturated carbocycles. The molecule has 0 aliphatic carbocycles. The maximum atomic E-state index is 13.4. The van der Waals surface area contributed by atoms with Gasteiger partial charge < -0.3 is 15.5 Å². The van der Waals surface area contributed by atoms with Gasteiger partial charge in [-0.25, -0.2) is 4.39 Å². The Hall–Kier alpha value is -3.23. The number of piperazine rings is 1. The van der Waals surface area contributed by atoms with Crippen molar-refractivity contribution in [3.8, 4) is 0 Å². The number of nitrogens with one attached hydrogen (secondary N) is 2. The number of benzene rings is 2. The fourth-order valence-corrected chi connectivity index (χ4v) is 4.66. The summed E-state index contributed by atoms with van der Waals surface area (Å²) in [5.74, 6) is -0.305. The quantitative estimate of drug-likeness (QED) is 0.465. The van der Waals surface area contributed by atoms with Crippen molar-refractivity contribution in [2.24, 2.45) is 5.41 Å². The van der Waals surface area contributed by atoms with E-state index in [1.807, 2.05) is 49.7 Å². The summed E-state index contributed by atoms with van der Waals surface area (Å²) in [6.07, 6.45) is 0. The lowest BCUT2D eigenvalue weighted by Crippen LogP contribution is -2.53. The molecule has 8 heteroatoms. The van der Waals surface area contributed by atoms with Crippen molar-refractivity contribution in [2.75, 3.05) is 46.3 Å². The number of aromatic nitrogens is 2. The molecule has 1 fully saturated rings. The molecule has 1 amide bonds. The van der Waals surface area contributed by atoms with Crippen molar-refractivity contribution >= 4 is 22.5 Å². The van der Waals surface area contributed by atoms with E-state index in [1.54, 1.807) is 12.1 Å². The molecule has 4 rings (SSSR count). The summed E-state index contributed by atoms with van der Waals surface area (Å²) < 4.78 is 15.3. The number of rotatable bonds is 9. The van der Waals surface area contributed by atoms with Crippen molar-refractivity contribution in [1.29, 1.82) is 0 Å². The van der Waals surface area contributed by atoms with E-state index in [0.29, 0.717) is 24.5 Å². The third-order valence-electron chi connectivity index (χ3n) is 6.96. The minimum absolute atomic E-state index is 0.0437. The Morgan fingerprint density at radius 2 is 1.76 bits per heavy atom. The number of carbonyl (C=O) groups excluding carboxylic acids is 1. The summed E-state index contributed by atoms with van der Waals surface area (Å²) in [5.41, 5.74) is 2.87. The topological polar surface area (TPSA) is 65.4 Å². The van der Waals surface area contributed by atoms with Crippen molar-refractivity contribution in [3.05, 3.63) is 72.2 Å². The second-order valence-electron chi connectivity index (χ2n) is 11.0. The molecule has 1 aliphatic heterocycles. The number of carbonyl (C=O) groups is 1. The highest BCUT2D eigenvalue weighted by Crippen LogP contribution is 2.27. The van der Waals surface area contributed by atoms with Crippen molar-refractivity contribution in [1.82, 2.24) is 30.2 Å². The lowest BCUT2D eigenvalue weighted by Gasteiger charge is -2.33. The number of nitrogens with zero attached hydrogens (tertiary/aromatic N) is 4. The van der Waals surface area contributed by atoms with Crippen LogP contribution in [0.5, 0.6) is 0 Å². The zero-order chi connectivity index (χ0) is 26.6. The van der Waals surface area contributed by atoms with Crippen LogP contribution in [-0.4, -0.2) is 77.8 Å². The number of halogens is 1. The third-order valence-corrected chi connectivity index (χ3v) is 6.96. The normalized spacial score (nSPS) is 16.0. The van der Waals surface area contributed by atoms with Gasteiger partial charge in [-0.15, -0.1) is 0 Å². The van der Waals surface area contributed by atoms with Crippen LogP contribution in [0.3, 0.4) is 0 Å². The van der Waals surface area contributed by atoms with Crippen LogP contribution in [0, 0.1) is 11.2 Å². The molecule has 0 radical (unpaired) electrons. The van der Waals surface area contributed by atoms with Gasteiger partial charge in [-0.3, -0.25) is 14.4 Å². The molecule has 0 spiro atoms. The lowest BCUT2D eigenvalue weighted by atomic mass is 9.85. The first kappa shape index (κ1) is 26.8. The number of amides is 1. The number of para-hydroxylation sites is 1. The first-order chi connectivity index (χ1) is 17.6. The lowest BCUT2D eigenvalue weighted by molar-refractivity contribution is -0.125. The summed E-state index contributed by atoms with van der Waals surface area (Å²) in [7, 11) is 2.14. The summed E-state index contributed by atoms with van der Waals surface area (Å²) in [6.45, 7) is 16.5. The van der Waals surface area contributed by atoms with Crippen LogP contribution in [0.4, 0.5) is 4.39 Å². The second kappa shape index (κ2) is 11.4. The summed E-state index contributed by atoms with van der Waals surface area (Å²) in [6, 6.07) is 13.9. The second-order valence-corrected chi connectivity index (χ2v) is 11.0. The van der Waals surface area contributed by atoms with Gasteiger partial charge in [0.05, 0.1) is 17.8 Å². The Bertz CT molecular complexity index is 1220. The Morgan fingerprint density at radius 3 is 2.43 bits per heavy atom. The van der Waals surface area contributed by atoms with Gasteiger partial charge in [-0.2, -0.15) is 5.10 Å².